The Morgan fingerprint density at radius 3 is 2.39 bits per heavy atom. The molecule has 178 valence electrons. The first kappa shape index (κ1) is 23.3. The van der Waals surface area contributed by atoms with Crippen LogP contribution in [0.5, 0.6) is 5.75 Å². The molecule has 1 aliphatic rings. The highest BCUT2D eigenvalue weighted by atomic mass is 19.4. The number of phenols is 1. The number of nitrogens with zero attached hydrogens (tertiary/aromatic N) is 3. The second-order valence-electron chi connectivity index (χ2n) is 8.53. The minimum Gasteiger partial charge on any atom is -0.503 e. The van der Waals surface area contributed by atoms with Gasteiger partial charge in [0.15, 0.2) is 17.4 Å². The summed E-state index contributed by atoms with van der Waals surface area (Å²) >= 11 is 0. The number of halogens is 5. The number of aromatic hydroxyl groups is 1. The third-order valence-electron chi connectivity index (χ3n) is 6.08. The lowest BCUT2D eigenvalue weighted by Gasteiger charge is -2.33. The average Bonchev–Trinajstić information content (AvgIpc) is 3.16. The summed E-state index contributed by atoms with van der Waals surface area (Å²) in [5, 5.41) is 14.7. The number of rotatable bonds is 4. The normalized spacial score (nSPS) is 15.5. The maximum Gasteiger partial charge on any atom is 0.419 e. The van der Waals surface area contributed by atoms with E-state index in [0.29, 0.717) is 35.9 Å². The molecule has 4 rings (SSSR count). The van der Waals surface area contributed by atoms with E-state index in [2.05, 4.69) is 10.00 Å². The van der Waals surface area contributed by atoms with Crippen molar-refractivity contribution in [1.82, 2.24) is 9.78 Å². The van der Waals surface area contributed by atoms with Gasteiger partial charge in [-0.25, -0.2) is 13.5 Å². The van der Waals surface area contributed by atoms with E-state index in [1.165, 1.54) is 0 Å². The second-order valence-corrected chi connectivity index (χ2v) is 8.53. The molecule has 33 heavy (non-hydrogen) atoms. The first-order valence-corrected chi connectivity index (χ1v) is 10.6. The van der Waals surface area contributed by atoms with Crippen LogP contribution >= 0.6 is 0 Å². The molecule has 2 aromatic carbocycles. The Morgan fingerprint density at radius 1 is 1.12 bits per heavy atom. The van der Waals surface area contributed by atoms with Gasteiger partial charge in [-0.05, 0) is 43.0 Å². The van der Waals surface area contributed by atoms with Gasteiger partial charge in [0.2, 0.25) is 0 Å². The number of anilines is 1. The lowest BCUT2D eigenvalue weighted by molar-refractivity contribution is -0.140. The van der Waals surface area contributed by atoms with Gasteiger partial charge in [0.05, 0.1) is 16.8 Å². The molecule has 0 spiro atoms. The number of hydrogen-bond donors (Lipinski definition) is 1. The van der Waals surface area contributed by atoms with Crippen LogP contribution in [0.2, 0.25) is 0 Å². The molecule has 0 radical (unpaired) electrons. The van der Waals surface area contributed by atoms with Crippen LogP contribution in [0.25, 0.3) is 16.6 Å². The van der Waals surface area contributed by atoms with Crippen LogP contribution in [0.3, 0.4) is 0 Å². The molecule has 1 saturated heterocycles. The van der Waals surface area contributed by atoms with Crippen molar-refractivity contribution in [2.45, 2.75) is 44.8 Å². The largest absolute Gasteiger partial charge is 0.503 e. The van der Waals surface area contributed by atoms with E-state index in [9.17, 15) is 27.1 Å². The molecule has 0 aliphatic carbocycles. The fourth-order valence-electron chi connectivity index (χ4n) is 4.21. The zero-order chi connectivity index (χ0) is 24.1. The molecule has 1 aliphatic heterocycles. The van der Waals surface area contributed by atoms with E-state index in [0.717, 1.165) is 23.2 Å². The van der Waals surface area contributed by atoms with Crippen LogP contribution in [0.1, 0.15) is 43.9 Å². The molecule has 5 nitrogen and oxygen atoms in total. The number of alkyl halides is 3. The molecular formula is C23H24F5N3O2. The zero-order valence-corrected chi connectivity index (χ0v) is 18.4. The van der Waals surface area contributed by atoms with Crippen molar-refractivity contribution in [2.75, 3.05) is 25.2 Å². The van der Waals surface area contributed by atoms with Gasteiger partial charge in [0, 0.05) is 37.4 Å². The van der Waals surface area contributed by atoms with Gasteiger partial charge in [-0.15, -0.1) is 0 Å². The molecule has 2 heterocycles. The molecule has 1 N–H and O–H groups in total. The van der Waals surface area contributed by atoms with Crippen LogP contribution < -0.4 is 4.90 Å². The van der Waals surface area contributed by atoms with Crippen LogP contribution in [-0.2, 0) is 10.9 Å². The van der Waals surface area contributed by atoms with Crippen molar-refractivity contribution in [3.05, 3.63) is 47.2 Å². The molecule has 0 bridgehead atoms. The van der Waals surface area contributed by atoms with Gasteiger partial charge in [0.1, 0.15) is 5.69 Å². The third kappa shape index (κ3) is 4.12. The zero-order valence-electron chi connectivity index (χ0n) is 18.4. The van der Waals surface area contributed by atoms with E-state index < -0.39 is 34.8 Å². The molecule has 0 saturated carbocycles. The topological polar surface area (TPSA) is 50.5 Å². The van der Waals surface area contributed by atoms with Gasteiger partial charge in [-0.2, -0.15) is 18.3 Å². The molecular weight excluding hydrogens is 445 g/mol. The molecule has 10 heteroatoms. The van der Waals surface area contributed by atoms with Crippen molar-refractivity contribution < 1.29 is 31.8 Å². The fraction of sp³-hybridized carbons (Fsp3) is 0.435. The van der Waals surface area contributed by atoms with Crippen LogP contribution in [-0.4, -0.2) is 41.2 Å². The van der Waals surface area contributed by atoms with Crippen molar-refractivity contribution in [3.63, 3.8) is 0 Å². The molecule has 0 amide bonds. The number of fused-ring (bicyclic) bond motifs is 1. The second kappa shape index (κ2) is 8.48. The maximum absolute atomic E-state index is 14.8. The monoisotopic (exact) mass is 469 g/mol. The Kier molecular flexibility index (Phi) is 5.98. The van der Waals surface area contributed by atoms with Gasteiger partial charge in [-0.3, -0.25) is 0 Å². The SMILES string of the molecule is CC(C)c1nn(-c2cc(C(F)(F)F)c(F)c(O)c2F)c2ccc(N(C)C3CCOCC3)cc12. The van der Waals surface area contributed by atoms with Gasteiger partial charge in [-0.1, -0.05) is 13.8 Å². The lowest BCUT2D eigenvalue weighted by atomic mass is 10.0. The van der Waals surface area contributed by atoms with E-state index in [4.69, 9.17) is 4.74 Å². The van der Waals surface area contributed by atoms with Crippen molar-refractivity contribution >= 4 is 16.6 Å². The number of hydrogen-bond acceptors (Lipinski definition) is 4. The van der Waals surface area contributed by atoms with Gasteiger partial charge in [0.25, 0.3) is 0 Å². The van der Waals surface area contributed by atoms with E-state index in [1.54, 1.807) is 12.1 Å². The number of aromatic nitrogens is 2. The Hall–Kier alpha value is -2.88. The van der Waals surface area contributed by atoms with E-state index in [-0.39, 0.29) is 12.0 Å². The molecule has 1 fully saturated rings. The lowest BCUT2D eigenvalue weighted by Crippen LogP contribution is -2.36. The first-order valence-electron chi connectivity index (χ1n) is 10.6. The Bertz CT molecular complexity index is 1180. The van der Waals surface area contributed by atoms with Crippen LogP contribution in [0.4, 0.5) is 27.6 Å². The predicted molar refractivity (Wildman–Crippen MR) is 114 cm³/mol. The molecule has 0 atom stereocenters. The Balaban J connectivity index is 1.89. The predicted octanol–water partition coefficient (Wildman–Crippen LogP) is 5.77. The maximum atomic E-state index is 14.8. The van der Waals surface area contributed by atoms with Crippen LogP contribution in [0.15, 0.2) is 24.3 Å². The first-order chi connectivity index (χ1) is 15.5. The minimum absolute atomic E-state index is 0.128. The summed E-state index contributed by atoms with van der Waals surface area (Å²) < 4.78 is 75.1. The number of phenolic OH excluding ortho intramolecular Hbond substituents is 1. The Morgan fingerprint density at radius 2 is 1.79 bits per heavy atom. The molecule has 0 unspecified atom stereocenters. The molecule has 1 aromatic heterocycles. The summed E-state index contributed by atoms with van der Waals surface area (Å²) in [7, 11) is 1.96. The number of benzene rings is 2. The highest BCUT2D eigenvalue weighted by molar-refractivity contribution is 5.87. The summed E-state index contributed by atoms with van der Waals surface area (Å²) in [6.45, 7) is 5.06. The van der Waals surface area contributed by atoms with Crippen molar-refractivity contribution in [2.24, 2.45) is 0 Å². The minimum atomic E-state index is -5.12. The highest BCUT2D eigenvalue weighted by Gasteiger charge is 2.38. The average molecular weight is 469 g/mol. The summed E-state index contributed by atoms with van der Waals surface area (Å²) in [5.74, 6) is -5.38. The summed E-state index contributed by atoms with van der Waals surface area (Å²) in [5.41, 5.74) is -0.662. The van der Waals surface area contributed by atoms with Gasteiger partial charge < -0.3 is 14.7 Å². The van der Waals surface area contributed by atoms with Crippen molar-refractivity contribution in [1.29, 1.82) is 0 Å². The van der Waals surface area contributed by atoms with E-state index in [1.807, 2.05) is 27.0 Å². The standard InChI is InChI=1S/C23H24F5N3O2/c1-12(2)21-15-10-14(30(3)13-6-8-33-9-7-13)4-5-17(15)31(29-21)18-11-16(23(26,27)28)19(24)22(32)20(18)25/h4-5,10-13,32H,6-9H2,1-3H3. The molecule has 3 aromatic rings. The summed E-state index contributed by atoms with van der Waals surface area (Å²) in [6.07, 6.45) is -3.39. The van der Waals surface area contributed by atoms with Crippen molar-refractivity contribution in [3.8, 4) is 11.4 Å². The Labute approximate surface area is 187 Å². The van der Waals surface area contributed by atoms with Gasteiger partial charge >= 0.3 is 6.18 Å². The smallest absolute Gasteiger partial charge is 0.419 e. The van der Waals surface area contributed by atoms with Crippen LogP contribution in [0, 0.1) is 11.6 Å². The quantitative estimate of drug-likeness (QED) is 0.493. The fourth-order valence-corrected chi connectivity index (χ4v) is 4.21. The highest BCUT2D eigenvalue weighted by Crippen LogP contribution is 2.40. The number of ether oxygens (including phenoxy) is 1. The third-order valence-corrected chi connectivity index (χ3v) is 6.08. The van der Waals surface area contributed by atoms with E-state index >= 15 is 0 Å². The summed E-state index contributed by atoms with van der Waals surface area (Å²) in [4.78, 5) is 2.12. The summed E-state index contributed by atoms with van der Waals surface area (Å²) in [6, 6.07) is 5.91.